The molecular weight excluding hydrogens is 246 g/mol. The van der Waals surface area contributed by atoms with Crippen LogP contribution in [0.3, 0.4) is 0 Å². The number of nitrogens with zero attached hydrogens (tertiary/aromatic N) is 2. The molecule has 1 aliphatic heterocycles. The highest BCUT2D eigenvalue weighted by atomic mass is 15.1. The third-order valence-electron chi connectivity index (χ3n) is 4.24. The molecular formula is C17H29N3. The molecule has 1 saturated heterocycles. The normalized spacial score (nSPS) is 15.2. The number of rotatable bonds is 8. The van der Waals surface area contributed by atoms with E-state index in [1.807, 2.05) is 0 Å². The van der Waals surface area contributed by atoms with Gasteiger partial charge < -0.3 is 15.1 Å². The first kappa shape index (κ1) is 15.3. The van der Waals surface area contributed by atoms with E-state index in [-0.39, 0.29) is 0 Å². The maximum absolute atomic E-state index is 3.53. The van der Waals surface area contributed by atoms with E-state index in [2.05, 4.69) is 53.2 Å². The van der Waals surface area contributed by atoms with Gasteiger partial charge in [-0.3, -0.25) is 0 Å². The van der Waals surface area contributed by atoms with Crippen molar-refractivity contribution in [2.24, 2.45) is 0 Å². The zero-order chi connectivity index (χ0) is 14.2. The van der Waals surface area contributed by atoms with Crippen LogP contribution in [-0.4, -0.2) is 44.2 Å². The van der Waals surface area contributed by atoms with E-state index in [1.165, 1.54) is 37.2 Å². The maximum atomic E-state index is 3.53. The fourth-order valence-corrected chi connectivity index (χ4v) is 2.81. The molecule has 112 valence electrons. The van der Waals surface area contributed by atoms with Gasteiger partial charge in [-0.2, -0.15) is 0 Å². The molecule has 0 radical (unpaired) electrons. The van der Waals surface area contributed by atoms with E-state index in [9.17, 15) is 0 Å². The number of benzene rings is 1. The summed E-state index contributed by atoms with van der Waals surface area (Å²) in [6.45, 7) is 12.4. The third-order valence-corrected chi connectivity index (χ3v) is 4.24. The molecule has 1 N–H and O–H groups in total. The Hall–Kier alpha value is -1.06. The molecule has 0 bridgehead atoms. The maximum Gasteiger partial charge on any atom is 0.0366 e. The molecule has 3 nitrogen and oxygen atoms in total. The van der Waals surface area contributed by atoms with Crippen molar-refractivity contribution < 1.29 is 0 Å². The Morgan fingerprint density at radius 2 is 1.70 bits per heavy atom. The van der Waals surface area contributed by atoms with Crippen molar-refractivity contribution in [1.82, 2.24) is 10.2 Å². The fourth-order valence-electron chi connectivity index (χ4n) is 2.81. The molecule has 0 saturated carbocycles. The summed E-state index contributed by atoms with van der Waals surface area (Å²) in [6, 6.07) is 9.07. The number of nitrogens with one attached hydrogen (secondary N) is 1. The van der Waals surface area contributed by atoms with Crippen LogP contribution in [0.2, 0.25) is 0 Å². The molecule has 1 heterocycles. The van der Waals surface area contributed by atoms with Crippen molar-refractivity contribution in [3.63, 3.8) is 0 Å². The Morgan fingerprint density at radius 1 is 1.05 bits per heavy atom. The minimum atomic E-state index is 0.974. The monoisotopic (exact) mass is 275 g/mol. The standard InChI is InChI=1S/C17H29N3/c1-3-19(4-2)14-11-18-15-16-7-9-17(10-8-16)20-12-5-6-13-20/h7-10,18H,3-6,11-15H2,1-2H3. The predicted molar refractivity (Wildman–Crippen MR) is 87.4 cm³/mol. The minimum Gasteiger partial charge on any atom is -0.372 e. The van der Waals surface area contributed by atoms with Crippen LogP contribution >= 0.6 is 0 Å². The Kier molecular flexibility index (Phi) is 6.34. The second-order valence-corrected chi connectivity index (χ2v) is 5.56. The molecule has 0 atom stereocenters. The Labute approximate surface area is 124 Å². The van der Waals surface area contributed by atoms with Gasteiger partial charge >= 0.3 is 0 Å². The summed E-state index contributed by atoms with van der Waals surface area (Å²) in [5.74, 6) is 0. The zero-order valence-corrected chi connectivity index (χ0v) is 13.1. The SMILES string of the molecule is CCN(CC)CCNCc1ccc(N2CCCC2)cc1. The highest BCUT2D eigenvalue weighted by molar-refractivity contribution is 5.48. The van der Waals surface area contributed by atoms with Gasteiger partial charge in [0, 0.05) is 38.4 Å². The van der Waals surface area contributed by atoms with Crippen molar-refractivity contribution in [1.29, 1.82) is 0 Å². The number of anilines is 1. The highest BCUT2D eigenvalue weighted by Gasteiger charge is 2.11. The molecule has 20 heavy (non-hydrogen) atoms. The number of hydrogen-bond acceptors (Lipinski definition) is 3. The molecule has 1 aromatic carbocycles. The van der Waals surface area contributed by atoms with Crippen molar-refractivity contribution in [2.45, 2.75) is 33.2 Å². The van der Waals surface area contributed by atoms with Crippen LogP contribution < -0.4 is 10.2 Å². The molecule has 0 amide bonds. The molecule has 1 aliphatic rings. The van der Waals surface area contributed by atoms with Crippen molar-refractivity contribution >= 4 is 5.69 Å². The van der Waals surface area contributed by atoms with Gasteiger partial charge in [-0.05, 0) is 43.6 Å². The summed E-state index contributed by atoms with van der Waals surface area (Å²) in [5.41, 5.74) is 2.77. The Morgan fingerprint density at radius 3 is 2.30 bits per heavy atom. The van der Waals surface area contributed by atoms with Crippen LogP contribution in [-0.2, 0) is 6.54 Å². The molecule has 0 spiro atoms. The van der Waals surface area contributed by atoms with Gasteiger partial charge in [-0.1, -0.05) is 26.0 Å². The lowest BCUT2D eigenvalue weighted by atomic mass is 10.2. The second-order valence-electron chi connectivity index (χ2n) is 5.56. The van der Waals surface area contributed by atoms with E-state index < -0.39 is 0 Å². The van der Waals surface area contributed by atoms with Crippen molar-refractivity contribution in [3.05, 3.63) is 29.8 Å². The zero-order valence-electron chi connectivity index (χ0n) is 13.1. The fraction of sp³-hybridized carbons (Fsp3) is 0.647. The van der Waals surface area contributed by atoms with Gasteiger partial charge in [0.25, 0.3) is 0 Å². The summed E-state index contributed by atoms with van der Waals surface area (Å²) in [4.78, 5) is 4.93. The minimum absolute atomic E-state index is 0.974. The summed E-state index contributed by atoms with van der Waals surface area (Å²) in [5, 5.41) is 3.53. The van der Waals surface area contributed by atoms with E-state index in [1.54, 1.807) is 0 Å². The van der Waals surface area contributed by atoms with Gasteiger partial charge in [0.05, 0.1) is 0 Å². The van der Waals surface area contributed by atoms with Crippen LogP contribution in [0, 0.1) is 0 Å². The van der Waals surface area contributed by atoms with E-state index in [0.717, 1.165) is 32.7 Å². The summed E-state index contributed by atoms with van der Waals surface area (Å²) in [6.07, 6.45) is 2.68. The summed E-state index contributed by atoms with van der Waals surface area (Å²) >= 11 is 0. The lowest BCUT2D eigenvalue weighted by Gasteiger charge is -2.19. The van der Waals surface area contributed by atoms with Crippen molar-refractivity contribution in [2.75, 3.05) is 44.2 Å². The molecule has 0 aliphatic carbocycles. The van der Waals surface area contributed by atoms with Crippen LogP contribution in [0.15, 0.2) is 24.3 Å². The third kappa shape index (κ3) is 4.50. The number of likely N-dealkylation sites (N-methyl/N-ethyl adjacent to an activating group) is 1. The molecule has 2 rings (SSSR count). The predicted octanol–water partition coefficient (Wildman–Crippen LogP) is 2.72. The van der Waals surface area contributed by atoms with Crippen molar-refractivity contribution in [3.8, 4) is 0 Å². The quantitative estimate of drug-likeness (QED) is 0.736. The smallest absolute Gasteiger partial charge is 0.0366 e. The summed E-state index contributed by atoms with van der Waals surface area (Å²) in [7, 11) is 0. The van der Waals surface area contributed by atoms with Gasteiger partial charge in [-0.15, -0.1) is 0 Å². The molecule has 0 unspecified atom stereocenters. The van der Waals surface area contributed by atoms with Crippen LogP contribution in [0.4, 0.5) is 5.69 Å². The molecule has 1 fully saturated rings. The Balaban J connectivity index is 1.71. The van der Waals surface area contributed by atoms with Gasteiger partial charge in [-0.25, -0.2) is 0 Å². The van der Waals surface area contributed by atoms with Crippen LogP contribution in [0.5, 0.6) is 0 Å². The van der Waals surface area contributed by atoms with E-state index in [4.69, 9.17) is 0 Å². The second kappa shape index (κ2) is 8.28. The van der Waals surface area contributed by atoms with E-state index in [0.29, 0.717) is 0 Å². The molecule has 0 aromatic heterocycles. The van der Waals surface area contributed by atoms with Crippen LogP contribution in [0.25, 0.3) is 0 Å². The van der Waals surface area contributed by atoms with Crippen LogP contribution in [0.1, 0.15) is 32.3 Å². The van der Waals surface area contributed by atoms with E-state index >= 15 is 0 Å². The first-order valence-electron chi connectivity index (χ1n) is 8.10. The first-order chi connectivity index (χ1) is 9.83. The lowest BCUT2D eigenvalue weighted by Crippen LogP contribution is -2.31. The van der Waals surface area contributed by atoms with Gasteiger partial charge in [0.2, 0.25) is 0 Å². The largest absolute Gasteiger partial charge is 0.372 e. The lowest BCUT2D eigenvalue weighted by molar-refractivity contribution is 0.302. The first-order valence-corrected chi connectivity index (χ1v) is 8.10. The topological polar surface area (TPSA) is 18.5 Å². The van der Waals surface area contributed by atoms with Gasteiger partial charge in [0.15, 0.2) is 0 Å². The van der Waals surface area contributed by atoms with Gasteiger partial charge in [0.1, 0.15) is 0 Å². The molecule has 1 aromatic rings. The molecule has 3 heteroatoms. The number of hydrogen-bond donors (Lipinski definition) is 1. The summed E-state index contributed by atoms with van der Waals surface area (Å²) < 4.78 is 0. The average Bonchev–Trinajstić information content (AvgIpc) is 3.02. The highest BCUT2D eigenvalue weighted by Crippen LogP contribution is 2.20. The average molecular weight is 275 g/mol. The Bertz CT molecular complexity index is 364.